The number of amides is 3. The molecule has 9 heteroatoms. The number of pyridine rings is 1. The lowest BCUT2D eigenvalue weighted by atomic mass is 9.99. The summed E-state index contributed by atoms with van der Waals surface area (Å²) in [6.07, 6.45) is 2.90. The number of fused-ring (bicyclic) bond motifs is 1. The van der Waals surface area contributed by atoms with E-state index in [1.54, 1.807) is 18.2 Å². The third-order valence-corrected chi connectivity index (χ3v) is 6.36. The van der Waals surface area contributed by atoms with Crippen LogP contribution in [0.15, 0.2) is 54.7 Å². The fraction of sp³-hybridized carbons (Fsp3) is 0.333. The number of benzene rings is 2. The molecule has 3 aromatic rings. The van der Waals surface area contributed by atoms with Crippen molar-refractivity contribution < 1.29 is 24.2 Å². The molecule has 2 heterocycles. The summed E-state index contributed by atoms with van der Waals surface area (Å²) in [6.45, 7) is 3.62. The third kappa shape index (κ3) is 5.63. The van der Waals surface area contributed by atoms with Gasteiger partial charge in [-0.15, -0.1) is 0 Å². The summed E-state index contributed by atoms with van der Waals surface area (Å²) >= 11 is 0. The highest BCUT2D eigenvalue weighted by molar-refractivity contribution is 6.15. The van der Waals surface area contributed by atoms with Crippen molar-refractivity contribution in [3.63, 3.8) is 0 Å². The molecule has 9 nitrogen and oxygen atoms in total. The number of likely N-dealkylation sites (tertiary alicyclic amines) is 1. The van der Waals surface area contributed by atoms with Crippen LogP contribution < -0.4 is 10.6 Å². The average Bonchev–Trinajstić information content (AvgIpc) is 2.90. The van der Waals surface area contributed by atoms with Crippen LogP contribution in [0.3, 0.4) is 0 Å². The first-order valence-corrected chi connectivity index (χ1v) is 12.1. The largest absolute Gasteiger partial charge is 0.465 e. The van der Waals surface area contributed by atoms with Gasteiger partial charge in [-0.1, -0.05) is 30.3 Å². The van der Waals surface area contributed by atoms with Gasteiger partial charge in [-0.2, -0.15) is 0 Å². The van der Waals surface area contributed by atoms with E-state index in [1.807, 2.05) is 37.3 Å². The van der Waals surface area contributed by atoms with Crippen LogP contribution in [-0.2, 0) is 11.3 Å². The van der Waals surface area contributed by atoms with Crippen LogP contribution in [0.25, 0.3) is 10.8 Å². The van der Waals surface area contributed by atoms with E-state index in [-0.39, 0.29) is 29.9 Å². The zero-order valence-corrected chi connectivity index (χ0v) is 20.2. The van der Waals surface area contributed by atoms with Gasteiger partial charge in [-0.25, -0.2) is 9.78 Å². The minimum absolute atomic E-state index is 0.0702. The Morgan fingerprint density at radius 2 is 1.86 bits per heavy atom. The number of rotatable bonds is 8. The number of carbonyl (C=O) groups excluding carboxylic acids is 2. The number of aromatic nitrogens is 1. The Labute approximate surface area is 209 Å². The summed E-state index contributed by atoms with van der Waals surface area (Å²) in [4.78, 5) is 43.3. The normalized spacial score (nSPS) is 15.5. The molecule has 3 amide bonds. The number of carboxylic acid groups (broad SMARTS) is 1. The molecule has 0 bridgehead atoms. The predicted molar refractivity (Wildman–Crippen MR) is 136 cm³/mol. The Hall–Kier alpha value is -3.98. The van der Waals surface area contributed by atoms with E-state index >= 15 is 0 Å². The molecular formula is C27H30N4O5. The van der Waals surface area contributed by atoms with Crippen LogP contribution in [0.4, 0.5) is 10.5 Å². The highest BCUT2D eigenvalue weighted by atomic mass is 16.5. The molecule has 36 heavy (non-hydrogen) atoms. The molecule has 0 spiro atoms. The standard InChI is InChI=1S/C27H30N4O5/c1-2-36-17-18-12-13-22(21-10-4-3-9-20(18)21)25(32)30-23-11-7-14-28-24(23)26(33)29-16-19-8-5-6-15-31(19)27(34)35/h3-4,7,9-14,19H,2,5-6,8,15-17H2,1H3,(H,29,33)(H,30,32)(H,34,35). The van der Waals surface area contributed by atoms with Gasteiger partial charge in [0.1, 0.15) is 0 Å². The van der Waals surface area contributed by atoms with E-state index in [9.17, 15) is 19.5 Å². The molecule has 0 radical (unpaired) electrons. The topological polar surface area (TPSA) is 121 Å². The lowest BCUT2D eigenvalue weighted by Crippen LogP contribution is -2.49. The van der Waals surface area contributed by atoms with Crippen molar-refractivity contribution in [3.8, 4) is 0 Å². The summed E-state index contributed by atoms with van der Waals surface area (Å²) in [5.74, 6) is -0.834. The van der Waals surface area contributed by atoms with Crippen LogP contribution in [-0.4, -0.2) is 58.6 Å². The second-order valence-corrected chi connectivity index (χ2v) is 8.64. The minimum atomic E-state index is -0.987. The summed E-state index contributed by atoms with van der Waals surface area (Å²) in [5, 5.41) is 16.8. The highest BCUT2D eigenvalue weighted by Crippen LogP contribution is 2.25. The first-order valence-electron chi connectivity index (χ1n) is 12.1. The van der Waals surface area contributed by atoms with E-state index in [0.717, 1.165) is 29.2 Å². The molecule has 1 aliphatic heterocycles. The predicted octanol–water partition coefficient (Wildman–Crippen LogP) is 4.29. The molecule has 1 unspecified atom stereocenters. The number of anilines is 1. The van der Waals surface area contributed by atoms with Crippen LogP contribution in [0.5, 0.6) is 0 Å². The van der Waals surface area contributed by atoms with Gasteiger partial charge >= 0.3 is 6.09 Å². The van der Waals surface area contributed by atoms with Gasteiger partial charge in [-0.05, 0) is 60.7 Å². The Morgan fingerprint density at radius 1 is 1.06 bits per heavy atom. The van der Waals surface area contributed by atoms with E-state index in [4.69, 9.17) is 4.74 Å². The zero-order chi connectivity index (χ0) is 25.5. The van der Waals surface area contributed by atoms with E-state index in [2.05, 4.69) is 15.6 Å². The Bertz CT molecular complexity index is 1260. The van der Waals surface area contributed by atoms with Gasteiger partial charge < -0.3 is 25.4 Å². The maximum Gasteiger partial charge on any atom is 0.407 e. The molecule has 188 valence electrons. The maximum atomic E-state index is 13.3. The van der Waals surface area contributed by atoms with Gasteiger partial charge in [0.2, 0.25) is 0 Å². The van der Waals surface area contributed by atoms with Crippen molar-refractivity contribution in [3.05, 3.63) is 71.5 Å². The molecular weight excluding hydrogens is 460 g/mol. The smallest absolute Gasteiger partial charge is 0.407 e. The minimum Gasteiger partial charge on any atom is -0.465 e. The molecule has 1 atom stereocenters. The van der Waals surface area contributed by atoms with Gasteiger partial charge in [0, 0.05) is 31.5 Å². The third-order valence-electron chi connectivity index (χ3n) is 6.36. The molecule has 0 aliphatic carbocycles. The molecule has 1 aliphatic rings. The van der Waals surface area contributed by atoms with Crippen molar-refractivity contribution in [1.29, 1.82) is 0 Å². The van der Waals surface area contributed by atoms with Crippen LogP contribution in [0.2, 0.25) is 0 Å². The number of carbonyl (C=O) groups is 3. The molecule has 1 saturated heterocycles. The van der Waals surface area contributed by atoms with Crippen molar-refractivity contribution in [2.45, 2.75) is 38.8 Å². The second kappa shape index (κ2) is 11.6. The Morgan fingerprint density at radius 3 is 2.64 bits per heavy atom. The number of nitrogens with zero attached hydrogens (tertiary/aromatic N) is 2. The number of piperidine rings is 1. The summed E-state index contributed by atoms with van der Waals surface area (Å²) in [5.41, 5.74) is 1.81. The van der Waals surface area contributed by atoms with Crippen molar-refractivity contribution in [1.82, 2.24) is 15.2 Å². The fourth-order valence-corrected chi connectivity index (χ4v) is 4.53. The van der Waals surface area contributed by atoms with Crippen molar-refractivity contribution in [2.24, 2.45) is 0 Å². The van der Waals surface area contributed by atoms with Gasteiger partial charge in [0.25, 0.3) is 11.8 Å². The number of ether oxygens (including phenoxy) is 1. The number of nitrogens with one attached hydrogen (secondary N) is 2. The lowest BCUT2D eigenvalue weighted by Gasteiger charge is -2.33. The Balaban J connectivity index is 1.51. The first-order chi connectivity index (χ1) is 17.5. The number of hydrogen-bond donors (Lipinski definition) is 3. The van der Waals surface area contributed by atoms with Crippen LogP contribution in [0, 0.1) is 0 Å². The SMILES string of the molecule is CCOCc1ccc(C(=O)Nc2cccnc2C(=O)NCC2CCCCN2C(=O)O)c2ccccc12. The van der Waals surface area contributed by atoms with Crippen LogP contribution >= 0.6 is 0 Å². The van der Waals surface area contributed by atoms with Crippen molar-refractivity contribution >= 4 is 34.4 Å². The molecule has 3 N–H and O–H groups in total. The summed E-state index contributed by atoms with van der Waals surface area (Å²) in [6, 6.07) is 14.2. The van der Waals surface area contributed by atoms with Gasteiger partial charge in [0.15, 0.2) is 5.69 Å². The molecule has 1 fully saturated rings. The van der Waals surface area contributed by atoms with Crippen molar-refractivity contribution in [2.75, 3.05) is 25.0 Å². The first kappa shape index (κ1) is 25.1. The van der Waals surface area contributed by atoms with Gasteiger partial charge in [-0.3, -0.25) is 9.59 Å². The number of hydrogen-bond acceptors (Lipinski definition) is 5. The summed E-state index contributed by atoms with van der Waals surface area (Å²) in [7, 11) is 0. The van der Waals surface area contributed by atoms with E-state index < -0.39 is 12.0 Å². The quantitative estimate of drug-likeness (QED) is 0.433. The maximum absolute atomic E-state index is 13.3. The van der Waals surface area contributed by atoms with E-state index in [0.29, 0.717) is 31.7 Å². The summed E-state index contributed by atoms with van der Waals surface area (Å²) < 4.78 is 5.56. The highest BCUT2D eigenvalue weighted by Gasteiger charge is 2.27. The average molecular weight is 491 g/mol. The van der Waals surface area contributed by atoms with Gasteiger partial charge in [0.05, 0.1) is 18.3 Å². The monoisotopic (exact) mass is 490 g/mol. The molecule has 2 aromatic carbocycles. The van der Waals surface area contributed by atoms with E-state index in [1.165, 1.54) is 11.1 Å². The molecule has 0 saturated carbocycles. The molecule has 4 rings (SSSR count). The Kier molecular flexibility index (Phi) is 8.12. The van der Waals surface area contributed by atoms with Crippen LogP contribution in [0.1, 0.15) is 52.6 Å². The zero-order valence-electron chi connectivity index (χ0n) is 20.2. The molecule has 1 aromatic heterocycles. The second-order valence-electron chi connectivity index (χ2n) is 8.64. The lowest BCUT2D eigenvalue weighted by molar-refractivity contribution is 0.0879. The fourth-order valence-electron chi connectivity index (χ4n) is 4.53.